The fourth-order valence-corrected chi connectivity index (χ4v) is 1.75. The Kier molecular flexibility index (Phi) is 5.89. The molecule has 0 saturated heterocycles. The molecule has 1 atom stereocenters. The van der Waals surface area contributed by atoms with Crippen molar-refractivity contribution in [2.24, 2.45) is 0 Å². The fourth-order valence-electron chi connectivity index (χ4n) is 1.75. The van der Waals surface area contributed by atoms with E-state index in [-0.39, 0.29) is 17.5 Å². The summed E-state index contributed by atoms with van der Waals surface area (Å²) >= 11 is 0. The van der Waals surface area contributed by atoms with E-state index in [1.54, 1.807) is 24.0 Å². The van der Waals surface area contributed by atoms with Crippen LogP contribution < -0.4 is 10.6 Å². The van der Waals surface area contributed by atoms with Gasteiger partial charge in [0.05, 0.1) is 0 Å². The summed E-state index contributed by atoms with van der Waals surface area (Å²) in [7, 11) is 1.53. The van der Waals surface area contributed by atoms with Gasteiger partial charge in [0.15, 0.2) is 5.69 Å². The molecule has 110 valence electrons. The third-order valence-electron chi connectivity index (χ3n) is 2.93. The van der Waals surface area contributed by atoms with Gasteiger partial charge in [-0.15, -0.1) is 10.2 Å². The molecule has 0 bridgehead atoms. The summed E-state index contributed by atoms with van der Waals surface area (Å²) in [5.74, 6) is 0.175. The molecule has 0 saturated carbocycles. The van der Waals surface area contributed by atoms with Crippen molar-refractivity contribution < 1.29 is 9.59 Å². The number of anilines is 1. The molecule has 1 aromatic heterocycles. The lowest BCUT2D eigenvalue weighted by atomic mass is 10.2. The molecule has 2 N–H and O–H groups in total. The van der Waals surface area contributed by atoms with Crippen LogP contribution >= 0.6 is 0 Å². The molecule has 0 aromatic carbocycles. The third kappa shape index (κ3) is 3.91. The largest absolute Gasteiger partial charge is 0.357 e. The van der Waals surface area contributed by atoms with Crippen LogP contribution in [0.2, 0.25) is 0 Å². The summed E-state index contributed by atoms with van der Waals surface area (Å²) in [6, 6.07) is 2.79. The van der Waals surface area contributed by atoms with Crippen molar-refractivity contribution in [1.29, 1.82) is 0 Å². The third-order valence-corrected chi connectivity index (χ3v) is 2.93. The zero-order valence-corrected chi connectivity index (χ0v) is 12.3. The van der Waals surface area contributed by atoms with Gasteiger partial charge in [-0.2, -0.15) is 0 Å². The summed E-state index contributed by atoms with van der Waals surface area (Å²) in [5.41, 5.74) is 0.237. The Hall–Kier alpha value is -2.18. The minimum Gasteiger partial charge on any atom is -0.357 e. The lowest BCUT2D eigenvalue weighted by Crippen LogP contribution is -2.41. The maximum absolute atomic E-state index is 12.1. The van der Waals surface area contributed by atoms with Crippen LogP contribution in [0, 0.1) is 0 Å². The number of carbonyl (C=O) groups excluding carboxylic acids is 2. The molecule has 0 spiro atoms. The van der Waals surface area contributed by atoms with E-state index >= 15 is 0 Å². The molecular formula is C13H21N5O2. The summed E-state index contributed by atoms with van der Waals surface area (Å²) in [6.45, 7) is 6.98. The average Bonchev–Trinajstić information content (AvgIpc) is 2.48. The predicted octanol–water partition coefficient (Wildman–Crippen LogP) is 0.505. The summed E-state index contributed by atoms with van der Waals surface area (Å²) in [5, 5.41) is 13.1. The van der Waals surface area contributed by atoms with Gasteiger partial charge in [0.2, 0.25) is 5.91 Å². The topological polar surface area (TPSA) is 87.2 Å². The van der Waals surface area contributed by atoms with Gasteiger partial charge in [-0.3, -0.25) is 9.59 Å². The number of carbonyl (C=O) groups is 2. The highest BCUT2D eigenvalue weighted by molar-refractivity contribution is 5.92. The average molecular weight is 279 g/mol. The second-order valence-corrected chi connectivity index (χ2v) is 4.26. The minimum atomic E-state index is -0.393. The lowest BCUT2D eigenvalue weighted by Gasteiger charge is -2.23. The summed E-state index contributed by atoms with van der Waals surface area (Å²) in [4.78, 5) is 25.1. The van der Waals surface area contributed by atoms with Gasteiger partial charge in [0.25, 0.3) is 5.91 Å². The molecule has 1 unspecified atom stereocenters. The van der Waals surface area contributed by atoms with E-state index < -0.39 is 6.04 Å². The number of nitrogens with zero attached hydrogens (tertiary/aromatic N) is 3. The van der Waals surface area contributed by atoms with Gasteiger partial charge in [0.1, 0.15) is 11.9 Å². The molecule has 0 aliphatic heterocycles. The van der Waals surface area contributed by atoms with Crippen molar-refractivity contribution in [1.82, 2.24) is 20.4 Å². The number of likely N-dealkylation sites (N-methyl/N-ethyl adjacent to an activating group) is 1. The molecule has 1 heterocycles. The second kappa shape index (κ2) is 7.42. The number of rotatable bonds is 6. The Morgan fingerprint density at radius 3 is 2.35 bits per heavy atom. The first-order valence-corrected chi connectivity index (χ1v) is 6.64. The number of amides is 2. The van der Waals surface area contributed by atoms with Gasteiger partial charge in [-0.25, -0.2) is 0 Å². The second-order valence-electron chi connectivity index (χ2n) is 4.26. The standard InChI is InChI=1S/C13H21N5O2/c1-5-18(6-2)13(20)9(3)15-11-8-7-10(16-17-11)12(19)14-4/h7-9H,5-6H2,1-4H3,(H,14,19)(H,15,17). The highest BCUT2D eigenvalue weighted by Gasteiger charge is 2.18. The predicted molar refractivity (Wildman–Crippen MR) is 76.4 cm³/mol. The SMILES string of the molecule is CCN(CC)C(=O)C(C)Nc1ccc(C(=O)NC)nn1. The molecular weight excluding hydrogens is 258 g/mol. The zero-order valence-electron chi connectivity index (χ0n) is 12.3. The van der Waals surface area contributed by atoms with Crippen LogP contribution in [-0.4, -0.2) is 53.1 Å². The van der Waals surface area contributed by atoms with Gasteiger partial charge in [0, 0.05) is 20.1 Å². The summed E-state index contributed by atoms with van der Waals surface area (Å²) in [6.07, 6.45) is 0. The molecule has 1 aromatic rings. The van der Waals surface area contributed by atoms with Crippen molar-refractivity contribution in [3.05, 3.63) is 17.8 Å². The van der Waals surface area contributed by atoms with Gasteiger partial charge in [-0.1, -0.05) is 0 Å². The van der Waals surface area contributed by atoms with Crippen molar-refractivity contribution in [3.63, 3.8) is 0 Å². The number of aromatic nitrogens is 2. The van der Waals surface area contributed by atoms with E-state index in [1.807, 2.05) is 13.8 Å². The van der Waals surface area contributed by atoms with Crippen molar-refractivity contribution in [2.75, 3.05) is 25.5 Å². The van der Waals surface area contributed by atoms with Crippen LogP contribution in [0.15, 0.2) is 12.1 Å². The van der Waals surface area contributed by atoms with E-state index in [4.69, 9.17) is 0 Å². The Balaban J connectivity index is 2.69. The van der Waals surface area contributed by atoms with Crippen LogP contribution in [0.5, 0.6) is 0 Å². The van der Waals surface area contributed by atoms with Crippen molar-refractivity contribution >= 4 is 17.6 Å². The van der Waals surface area contributed by atoms with Gasteiger partial charge < -0.3 is 15.5 Å². The van der Waals surface area contributed by atoms with Crippen LogP contribution in [0.3, 0.4) is 0 Å². The quantitative estimate of drug-likeness (QED) is 0.792. The van der Waals surface area contributed by atoms with E-state index in [2.05, 4.69) is 20.8 Å². The number of nitrogens with one attached hydrogen (secondary N) is 2. The molecule has 7 heteroatoms. The first-order chi connectivity index (χ1) is 9.53. The first-order valence-electron chi connectivity index (χ1n) is 6.64. The van der Waals surface area contributed by atoms with Crippen LogP contribution in [-0.2, 0) is 4.79 Å². The molecule has 1 rings (SSSR count). The normalized spacial score (nSPS) is 11.6. The van der Waals surface area contributed by atoms with Crippen molar-refractivity contribution in [2.45, 2.75) is 26.8 Å². The molecule has 0 radical (unpaired) electrons. The van der Waals surface area contributed by atoms with Crippen LogP contribution in [0.1, 0.15) is 31.3 Å². The number of hydrogen-bond acceptors (Lipinski definition) is 5. The molecule has 2 amide bonds. The Morgan fingerprint density at radius 2 is 1.90 bits per heavy atom. The Labute approximate surface area is 118 Å². The Morgan fingerprint density at radius 1 is 1.25 bits per heavy atom. The maximum Gasteiger partial charge on any atom is 0.271 e. The molecule has 0 aliphatic rings. The van der Waals surface area contributed by atoms with Crippen LogP contribution in [0.25, 0.3) is 0 Å². The van der Waals surface area contributed by atoms with E-state index in [1.165, 1.54) is 7.05 Å². The monoisotopic (exact) mass is 279 g/mol. The molecule has 0 aliphatic carbocycles. The van der Waals surface area contributed by atoms with Gasteiger partial charge >= 0.3 is 0 Å². The molecule has 20 heavy (non-hydrogen) atoms. The van der Waals surface area contributed by atoms with E-state index in [0.717, 1.165) is 0 Å². The first kappa shape index (κ1) is 15.9. The fraction of sp³-hybridized carbons (Fsp3) is 0.538. The van der Waals surface area contributed by atoms with E-state index in [0.29, 0.717) is 18.9 Å². The van der Waals surface area contributed by atoms with Gasteiger partial charge in [-0.05, 0) is 32.9 Å². The zero-order chi connectivity index (χ0) is 15.1. The number of hydrogen-bond donors (Lipinski definition) is 2. The Bertz CT molecular complexity index is 456. The highest BCUT2D eigenvalue weighted by atomic mass is 16.2. The van der Waals surface area contributed by atoms with Crippen molar-refractivity contribution in [3.8, 4) is 0 Å². The van der Waals surface area contributed by atoms with E-state index in [9.17, 15) is 9.59 Å². The highest BCUT2D eigenvalue weighted by Crippen LogP contribution is 2.06. The van der Waals surface area contributed by atoms with Crippen LogP contribution in [0.4, 0.5) is 5.82 Å². The molecule has 7 nitrogen and oxygen atoms in total. The smallest absolute Gasteiger partial charge is 0.271 e. The minimum absolute atomic E-state index is 0.00665. The molecule has 0 fully saturated rings. The maximum atomic E-state index is 12.1. The summed E-state index contributed by atoms with van der Waals surface area (Å²) < 4.78 is 0. The lowest BCUT2D eigenvalue weighted by molar-refractivity contribution is -0.131.